The monoisotopic (exact) mass is 189 g/mol. The maximum atomic E-state index is 11.0. The second kappa shape index (κ2) is 4.66. The number of Topliss-reactive ketones (excluding diaryl/α,β-unsaturated/α-hetero) is 1. The first kappa shape index (κ1) is 10.6. The van der Waals surface area contributed by atoms with Gasteiger partial charge in [0.15, 0.2) is 0 Å². The molecular weight excluding hydrogens is 174 g/mol. The van der Waals surface area contributed by atoms with Gasteiger partial charge < -0.3 is 0 Å². The van der Waals surface area contributed by atoms with Crippen LogP contribution >= 0.6 is 0 Å². The second-order valence-corrected chi connectivity index (χ2v) is 3.44. The molecule has 0 amide bonds. The van der Waals surface area contributed by atoms with Gasteiger partial charge in [-0.2, -0.15) is 0 Å². The first-order valence-corrected chi connectivity index (χ1v) is 4.44. The van der Waals surface area contributed by atoms with Gasteiger partial charge in [0.1, 0.15) is 5.78 Å². The van der Waals surface area contributed by atoms with Crippen molar-refractivity contribution in [2.24, 2.45) is 5.92 Å². The van der Waals surface area contributed by atoms with Gasteiger partial charge in [0.2, 0.25) is 0 Å². The van der Waals surface area contributed by atoms with Crippen molar-refractivity contribution < 1.29 is 20.0 Å². The molecule has 2 N–H and O–H groups in total. The normalized spacial score (nSPS) is 29.2. The van der Waals surface area contributed by atoms with E-state index >= 15 is 0 Å². The minimum atomic E-state index is -0.251. The molecule has 1 aliphatic carbocycles. The van der Waals surface area contributed by atoms with Crippen LogP contribution in [0.3, 0.4) is 0 Å². The smallest absolute Gasteiger partial charge is 0.132 e. The van der Waals surface area contributed by atoms with Gasteiger partial charge in [0.05, 0.1) is 11.5 Å². The molecule has 1 saturated carbocycles. The van der Waals surface area contributed by atoms with E-state index in [-0.39, 0.29) is 23.2 Å². The van der Waals surface area contributed by atoms with Crippen molar-refractivity contribution in [3.05, 3.63) is 0 Å². The average Bonchev–Trinajstić information content (AvgIpc) is 2.04. The van der Waals surface area contributed by atoms with Gasteiger partial charge in [-0.15, -0.1) is 0 Å². The largest absolute Gasteiger partial charge is 0.300 e. The van der Waals surface area contributed by atoms with Crippen LogP contribution in [0.4, 0.5) is 0 Å². The van der Waals surface area contributed by atoms with E-state index in [1.54, 1.807) is 6.92 Å². The minimum Gasteiger partial charge on any atom is -0.300 e. The van der Waals surface area contributed by atoms with Gasteiger partial charge >= 0.3 is 0 Å². The zero-order valence-electron chi connectivity index (χ0n) is 7.64. The highest BCUT2D eigenvalue weighted by molar-refractivity contribution is 5.78. The Kier molecular flexibility index (Phi) is 3.80. The SMILES string of the molecule is CC(=O)C1CCC(ON(O)O)CC1. The topological polar surface area (TPSA) is 70.0 Å². The fourth-order valence-electron chi connectivity index (χ4n) is 1.71. The summed E-state index contributed by atoms with van der Waals surface area (Å²) in [4.78, 5) is 15.6. The van der Waals surface area contributed by atoms with Crippen molar-refractivity contribution in [2.45, 2.75) is 38.7 Å². The van der Waals surface area contributed by atoms with Crippen LogP contribution in [0.15, 0.2) is 0 Å². The minimum absolute atomic E-state index is 0.130. The first-order chi connectivity index (χ1) is 6.09. The molecule has 0 saturated heterocycles. The van der Waals surface area contributed by atoms with E-state index in [9.17, 15) is 4.79 Å². The number of carbonyl (C=O) groups excluding carboxylic acids is 1. The quantitative estimate of drug-likeness (QED) is 0.651. The predicted molar refractivity (Wildman–Crippen MR) is 42.9 cm³/mol. The lowest BCUT2D eigenvalue weighted by Crippen LogP contribution is -2.30. The summed E-state index contributed by atoms with van der Waals surface area (Å²) in [7, 11) is 0. The molecular formula is C8H15NO4. The molecule has 5 nitrogen and oxygen atoms in total. The highest BCUT2D eigenvalue weighted by Crippen LogP contribution is 2.26. The van der Waals surface area contributed by atoms with Gasteiger partial charge in [0, 0.05) is 5.92 Å². The molecule has 1 aliphatic rings. The van der Waals surface area contributed by atoms with Crippen molar-refractivity contribution in [3.63, 3.8) is 0 Å². The number of nitrogens with zero attached hydrogens (tertiary/aromatic N) is 1. The van der Waals surface area contributed by atoms with Crippen LogP contribution in [0.1, 0.15) is 32.6 Å². The fraction of sp³-hybridized carbons (Fsp3) is 0.875. The summed E-state index contributed by atoms with van der Waals surface area (Å²) in [5, 5.41) is 16.5. The number of carbonyl (C=O) groups is 1. The van der Waals surface area contributed by atoms with Crippen LogP contribution in [0.5, 0.6) is 0 Å². The lowest BCUT2D eigenvalue weighted by atomic mass is 9.85. The van der Waals surface area contributed by atoms with Crippen molar-refractivity contribution in [3.8, 4) is 0 Å². The van der Waals surface area contributed by atoms with E-state index in [0.717, 1.165) is 12.8 Å². The fourth-order valence-corrected chi connectivity index (χ4v) is 1.71. The molecule has 0 bridgehead atoms. The Morgan fingerprint density at radius 3 is 2.23 bits per heavy atom. The molecule has 1 fully saturated rings. The molecule has 0 aromatic heterocycles. The van der Waals surface area contributed by atoms with E-state index in [1.807, 2.05) is 0 Å². The van der Waals surface area contributed by atoms with E-state index in [4.69, 9.17) is 10.4 Å². The Morgan fingerprint density at radius 1 is 1.31 bits per heavy atom. The predicted octanol–water partition coefficient (Wildman–Crippen LogP) is 1.15. The third-order valence-electron chi connectivity index (χ3n) is 2.49. The molecule has 0 unspecified atom stereocenters. The maximum Gasteiger partial charge on any atom is 0.132 e. The third-order valence-corrected chi connectivity index (χ3v) is 2.49. The van der Waals surface area contributed by atoms with E-state index < -0.39 is 0 Å². The van der Waals surface area contributed by atoms with Crippen molar-refractivity contribution in [2.75, 3.05) is 0 Å². The molecule has 0 aromatic rings. The van der Waals surface area contributed by atoms with Gasteiger partial charge in [-0.05, 0) is 32.6 Å². The number of ketones is 1. The van der Waals surface area contributed by atoms with E-state index in [1.165, 1.54) is 0 Å². The standard InChI is InChI=1S/C8H15NO4/c1-6(10)7-2-4-8(5-3-7)13-9(11)12/h7-8,11-12H,2-5H2,1H3. The first-order valence-electron chi connectivity index (χ1n) is 4.44. The summed E-state index contributed by atoms with van der Waals surface area (Å²) in [6, 6.07) is 0. The summed E-state index contributed by atoms with van der Waals surface area (Å²) in [6.45, 7) is 1.59. The van der Waals surface area contributed by atoms with Crippen molar-refractivity contribution in [1.82, 2.24) is 5.39 Å². The number of hydrogen-bond acceptors (Lipinski definition) is 5. The average molecular weight is 189 g/mol. The molecule has 0 radical (unpaired) electrons. The summed E-state index contributed by atoms with van der Waals surface area (Å²) in [6.07, 6.45) is 2.76. The summed E-state index contributed by atoms with van der Waals surface area (Å²) in [5.41, 5.74) is 0. The van der Waals surface area contributed by atoms with Crippen LogP contribution in [0.2, 0.25) is 0 Å². The summed E-state index contributed by atoms with van der Waals surface area (Å²) in [5.74, 6) is 0.342. The number of hydrogen-bond donors (Lipinski definition) is 2. The molecule has 1 rings (SSSR count). The lowest BCUT2D eigenvalue weighted by Gasteiger charge is -2.26. The number of rotatable bonds is 3. The zero-order chi connectivity index (χ0) is 9.84. The van der Waals surface area contributed by atoms with Crippen LogP contribution in [-0.4, -0.2) is 27.7 Å². The van der Waals surface area contributed by atoms with Gasteiger partial charge in [-0.25, -0.2) is 4.84 Å². The summed E-state index contributed by atoms with van der Waals surface area (Å²) >= 11 is 0. The van der Waals surface area contributed by atoms with Crippen LogP contribution < -0.4 is 0 Å². The van der Waals surface area contributed by atoms with Crippen molar-refractivity contribution in [1.29, 1.82) is 0 Å². The Morgan fingerprint density at radius 2 is 1.85 bits per heavy atom. The Bertz CT molecular complexity index is 175. The molecule has 0 heterocycles. The summed E-state index contributed by atoms with van der Waals surface area (Å²) < 4.78 is 0. The second-order valence-electron chi connectivity index (χ2n) is 3.44. The molecule has 0 atom stereocenters. The van der Waals surface area contributed by atoms with E-state index in [2.05, 4.69) is 4.84 Å². The Hall–Kier alpha value is -0.490. The van der Waals surface area contributed by atoms with Gasteiger partial charge in [0.25, 0.3) is 0 Å². The molecule has 0 aliphatic heterocycles. The zero-order valence-corrected chi connectivity index (χ0v) is 7.64. The van der Waals surface area contributed by atoms with Gasteiger partial charge in [-0.1, -0.05) is 0 Å². The molecule has 0 spiro atoms. The van der Waals surface area contributed by atoms with Crippen LogP contribution in [-0.2, 0) is 9.63 Å². The molecule has 13 heavy (non-hydrogen) atoms. The van der Waals surface area contributed by atoms with E-state index in [0.29, 0.717) is 12.8 Å². The van der Waals surface area contributed by atoms with Crippen LogP contribution in [0.25, 0.3) is 0 Å². The van der Waals surface area contributed by atoms with Gasteiger partial charge in [-0.3, -0.25) is 15.2 Å². The maximum absolute atomic E-state index is 11.0. The molecule has 76 valence electrons. The van der Waals surface area contributed by atoms with Crippen LogP contribution in [0, 0.1) is 5.92 Å². The molecule has 5 heteroatoms. The molecule has 0 aromatic carbocycles. The lowest BCUT2D eigenvalue weighted by molar-refractivity contribution is -0.506. The Balaban J connectivity index is 2.26. The van der Waals surface area contributed by atoms with Crippen molar-refractivity contribution >= 4 is 5.78 Å². The third kappa shape index (κ3) is 3.40. The highest BCUT2D eigenvalue weighted by Gasteiger charge is 2.25. The highest BCUT2D eigenvalue weighted by atomic mass is 17.1. The Labute approximate surface area is 76.8 Å².